The molecule has 5 nitrogen and oxygen atoms in total. The molecular weight excluding hydrogens is 336 g/mol. The van der Waals surface area contributed by atoms with Gasteiger partial charge in [0, 0.05) is 43.2 Å². The Kier molecular flexibility index (Phi) is 4.77. The van der Waals surface area contributed by atoms with E-state index in [-0.39, 0.29) is 6.61 Å². The van der Waals surface area contributed by atoms with Gasteiger partial charge >= 0.3 is 0 Å². The Balaban J connectivity index is 1.57. The van der Waals surface area contributed by atoms with Gasteiger partial charge < -0.3 is 15.3 Å². The highest BCUT2D eigenvalue weighted by Gasteiger charge is 2.28. The summed E-state index contributed by atoms with van der Waals surface area (Å²) in [4.78, 5) is 11.8. The molecule has 1 fully saturated rings. The van der Waals surface area contributed by atoms with E-state index in [9.17, 15) is 0 Å². The third-order valence-electron chi connectivity index (χ3n) is 4.82. The number of aromatic nitrogens is 2. The van der Waals surface area contributed by atoms with Gasteiger partial charge in [0.1, 0.15) is 17.5 Å². The molecule has 1 saturated carbocycles. The van der Waals surface area contributed by atoms with Crippen LogP contribution in [0.15, 0.2) is 24.3 Å². The second-order valence-corrected chi connectivity index (χ2v) is 7.27. The van der Waals surface area contributed by atoms with E-state index in [2.05, 4.69) is 27.3 Å². The van der Waals surface area contributed by atoms with Gasteiger partial charge in [-0.25, -0.2) is 9.97 Å². The normalized spacial score (nSPS) is 16.6. The Morgan fingerprint density at radius 3 is 2.88 bits per heavy atom. The fourth-order valence-electron chi connectivity index (χ4n) is 3.24. The van der Waals surface area contributed by atoms with Crippen molar-refractivity contribution in [3.63, 3.8) is 0 Å². The van der Waals surface area contributed by atoms with Gasteiger partial charge in [-0.15, -0.1) is 0 Å². The van der Waals surface area contributed by atoms with Gasteiger partial charge in [0.05, 0.1) is 0 Å². The lowest BCUT2D eigenvalue weighted by Crippen LogP contribution is -2.31. The van der Waals surface area contributed by atoms with Crippen LogP contribution < -0.4 is 10.2 Å². The minimum Gasteiger partial charge on any atom is -0.396 e. The van der Waals surface area contributed by atoms with Gasteiger partial charge in [-0.3, -0.25) is 0 Å². The maximum atomic E-state index is 8.98. The molecular formula is C19H23ClN4O. The highest BCUT2D eigenvalue weighted by molar-refractivity contribution is 6.30. The molecule has 0 amide bonds. The molecule has 4 rings (SSSR count). The molecule has 1 aliphatic heterocycles. The quantitative estimate of drug-likeness (QED) is 0.775. The molecule has 2 N–H and O–H groups in total. The van der Waals surface area contributed by atoms with Crippen molar-refractivity contribution in [3.05, 3.63) is 46.2 Å². The van der Waals surface area contributed by atoms with Gasteiger partial charge in [0.25, 0.3) is 0 Å². The van der Waals surface area contributed by atoms with Crippen LogP contribution >= 0.6 is 11.6 Å². The molecule has 0 atom stereocenters. The first-order valence-electron chi connectivity index (χ1n) is 8.99. The number of aliphatic hydroxyl groups excluding tert-OH is 1. The summed E-state index contributed by atoms with van der Waals surface area (Å²) in [6.45, 7) is 2.69. The van der Waals surface area contributed by atoms with E-state index in [0.717, 1.165) is 55.0 Å². The summed E-state index contributed by atoms with van der Waals surface area (Å²) in [6, 6.07) is 8.18. The number of hydrogen-bond acceptors (Lipinski definition) is 5. The van der Waals surface area contributed by atoms with E-state index in [1.165, 1.54) is 24.0 Å². The first kappa shape index (κ1) is 16.6. The van der Waals surface area contributed by atoms with Crippen LogP contribution in [0.2, 0.25) is 5.02 Å². The molecule has 2 aliphatic rings. The van der Waals surface area contributed by atoms with E-state index in [4.69, 9.17) is 21.7 Å². The van der Waals surface area contributed by atoms with Crippen molar-refractivity contribution in [2.45, 2.75) is 38.1 Å². The molecule has 1 aromatic heterocycles. The predicted octanol–water partition coefficient (Wildman–Crippen LogP) is 3.36. The van der Waals surface area contributed by atoms with Crippen molar-refractivity contribution in [1.29, 1.82) is 0 Å². The van der Waals surface area contributed by atoms with E-state index in [1.807, 2.05) is 12.1 Å². The monoisotopic (exact) mass is 358 g/mol. The molecule has 0 saturated heterocycles. The third kappa shape index (κ3) is 3.88. The summed E-state index contributed by atoms with van der Waals surface area (Å²) in [5.41, 5.74) is 2.65. The van der Waals surface area contributed by atoms with Crippen molar-refractivity contribution in [2.75, 3.05) is 29.9 Å². The Hall–Kier alpha value is -1.85. The maximum Gasteiger partial charge on any atom is 0.136 e. The minimum absolute atomic E-state index is 0.186. The molecule has 1 aliphatic carbocycles. The van der Waals surface area contributed by atoms with Crippen LogP contribution in [0.5, 0.6) is 0 Å². The number of fused-ring (bicyclic) bond motifs is 1. The van der Waals surface area contributed by atoms with Crippen LogP contribution in [0.25, 0.3) is 0 Å². The van der Waals surface area contributed by atoms with Crippen LogP contribution in [-0.2, 0) is 13.0 Å². The third-order valence-corrected chi connectivity index (χ3v) is 5.05. The largest absolute Gasteiger partial charge is 0.396 e. The highest BCUT2D eigenvalue weighted by Crippen LogP contribution is 2.39. The van der Waals surface area contributed by atoms with E-state index in [1.54, 1.807) is 0 Å². The van der Waals surface area contributed by atoms with Gasteiger partial charge in [0.2, 0.25) is 0 Å². The minimum atomic E-state index is 0.186. The van der Waals surface area contributed by atoms with Gasteiger partial charge in [-0.2, -0.15) is 0 Å². The number of aliphatic hydroxyl groups is 1. The number of benzene rings is 1. The Morgan fingerprint density at radius 1 is 1.20 bits per heavy atom. The molecule has 0 radical (unpaired) electrons. The second kappa shape index (κ2) is 7.18. The molecule has 0 spiro atoms. The van der Waals surface area contributed by atoms with Crippen molar-refractivity contribution in [2.24, 2.45) is 0 Å². The first-order chi connectivity index (χ1) is 12.2. The summed E-state index contributed by atoms with van der Waals surface area (Å²) < 4.78 is 0. The number of nitrogens with one attached hydrogen (secondary N) is 1. The number of anilines is 2. The molecule has 132 valence electrons. The summed E-state index contributed by atoms with van der Waals surface area (Å²) in [6.07, 6.45) is 4.06. The van der Waals surface area contributed by atoms with Gasteiger partial charge in [0.15, 0.2) is 0 Å². The fourth-order valence-corrected chi connectivity index (χ4v) is 3.44. The zero-order chi connectivity index (χ0) is 17.2. The number of nitrogens with zero attached hydrogens (tertiary/aromatic N) is 3. The van der Waals surface area contributed by atoms with Crippen molar-refractivity contribution in [3.8, 4) is 0 Å². The zero-order valence-electron chi connectivity index (χ0n) is 14.2. The molecule has 6 heteroatoms. The summed E-state index contributed by atoms with van der Waals surface area (Å²) >= 11 is 6.11. The lowest BCUT2D eigenvalue weighted by molar-refractivity contribution is 0.292. The van der Waals surface area contributed by atoms with Crippen LogP contribution in [0.1, 0.15) is 42.1 Å². The zero-order valence-corrected chi connectivity index (χ0v) is 15.0. The number of rotatable bonds is 6. The molecule has 2 heterocycles. The molecule has 1 aromatic carbocycles. The van der Waals surface area contributed by atoms with E-state index < -0.39 is 0 Å². The van der Waals surface area contributed by atoms with Gasteiger partial charge in [-0.05, 0) is 48.9 Å². The average Bonchev–Trinajstić information content (AvgIpc) is 3.46. The summed E-state index contributed by atoms with van der Waals surface area (Å²) in [5, 5.41) is 13.1. The van der Waals surface area contributed by atoms with Crippen molar-refractivity contribution >= 4 is 23.2 Å². The van der Waals surface area contributed by atoms with Crippen LogP contribution in [0.4, 0.5) is 11.6 Å². The maximum absolute atomic E-state index is 8.98. The fraction of sp³-hybridized carbons (Fsp3) is 0.474. The Morgan fingerprint density at radius 2 is 2.08 bits per heavy atom. The van der Waals surface area contributed by atoms with Crippen molar-refractivity contribution < 1.29 is 5.11 Å². The second-order valence-electron chi connectivity index (χ2n) is 6.83. The smallest absolute Gasteiger partial charge is 0.136 e. The van der Waals surface area contributed by atoms with E-state index >= 15 is 0 Å². The van der Waals surface area contributed by atoms with Crippen LogP contribution in [0.3, 0.4) is 0 Å². The predicted molar refractivity (Wildman–Crippen MR) is 100 cm³/mol. The molecule has 25 heavy (non-hydrogen) atoms. The number of hydrogen-bond donors (Lipinski definition) is 2. The SMILES string of the molecule is OCCCNc1cc(N2CCc3cc(Cl)ccc3C2)nc(C2CC2)n1. The molecule has 2 aromatic rings. The lowest BCUT2D eigenvalue weighted by Gasteiger charge is -2.30. The van der Waals surface area contributed by atoms with E-state index in [0.29, 0.717) is 5.92 Å². The topological polar surface area (TPSA) is 61.3 Å². The molecule has 0 bridgehead atoms. The van der Waals surface area contributed by atoms with Crippen LogP contribution in [0, 0.1) is 0 Å². The lowest BCUT2D eigenvalue weighted by atomic mass is 10.00. The summed E-state index contributed by atoms with van der Waals surface area (Å²) in [5.74, 6) is 3.31. The Labute approximate surface area is 153 Å². The first-order valence-corrected chi connectivity index (χ1v) is 9.36. The highest BCUT2D eigenvalue weighted by atomic mass is 35.5. The average molecular weight is 359 g/mol. The van der Waals surface area contributed by atoms with Crippen molar-refractivity contribution in [1.82, 2.24) is 9.97 Å². The summed E-state index contributed by atoms with van der Waals surface area (Å²) in [7, 11) is 0. The van der Waals surface area contributed by atoms with Crippen LogP contribution in [-0.4, -0.2) is 34.8 Å². The Bertz CT molecular complexity index is 763. The standard InChI is InChI=1S/C19H23ClN4O/c20-16-5-4-15-12-24(8-6-14(15)10-16)18-11-17(21-7-1-9-25)22-19(23-18)13-2-3-13/h4-5,10-11,13,25H,1-3,6-9,12H2,(H,21,22,23). The van der Waals surface area contributed by atoms with Gasteiger partial charge in [-0.1, -0.05) is 17.7 Å². The number of halogens is 1. The molecule has 0 unspecified atom stereocenters.